The van der Waals surface area contributed by atoms with Crippen LogP contribution in [0.4, 0.5) is 0 Å². The SMILES string of the molecule is Cn1c(-c2ccccc2C(=O)O)nc2cccnc21. The van der Waals surface area contributed by atoms with E-state index in [2.05, 4.69) is 9.97 Å². The van der Waals surface area contributed by atoms with E-state index in [1.165, 1.54) is 0 Å². The molecule has 0 amide bonds. The summed E-state index contributed by atoms with van der Waals surface area (Å²) in [6.45, 7) is 0. The second-order valence-corrected chi connectivity index (χ2v) is 4.19. The van der Waals surface area contributed by atoms with Gasteiger partial charge in [-0.15, -0.1) is 0 Å². The molecule has 0 aliphatic rings. The Hall–Kier alpha value is -2.69. The van der Waals surface area contributed by atoms with Crippen molar-refractivity contribution < 1.29 is 9.90 Å². The second-order valence-electron chi connectivity index (χ2n) is 4.19. The van der Waals surface area contributed by atoms with Crippen LogP contribution in [0.2, 0.25) is 0 Å². The Bertz CT molecular complexity index is 777. The van der Waals surface area contributed by atoms with E-state index in [1.54, 1.807) is 35.0 Å². The molecule has 3 aromatic rings. The number of carboxylic acids is 1. The number of pyridine rings is 1. The number of aromatic nitrogens is 3. The zero-order chi connectivity index (χ0) is 13.4. The molecule has 0 atom stereocenters. The van der Waals surface area contributed by atoms with Gasteiger partial charge in [0.15, 0.2) is 5.65 Å². The number of benzene rings is 1. The van der Waals surface area contributed by atoms with Crippen LogP contribution < -0.4 is 0 Å². The van der Waals surface area contributed by atoms with Gasteiger partial charge in [0.05, 0.1) is 5.56 Å². The van der Waals surface area contributed by atoms with Gasteiger partial charge in [0.25, 0.3) is 0 Å². The van der Waals surface area contributed by atoms with Gasteiger partial charge >= 0.3 is 5.97 Å². The summed E-state index contributed by atoms with van der Waals surface area (Å²) in [5, 5.41) is 9.24. The lowest BCUT2D eigenvalue weighted by Gasteiger charge is -2.05. The van der Waals surface area contributed by atoms with E-state index in [1.807, 2.05) is 19.2 Å². The van der Waals surface area contributed by atoms with Crippen molar-refractivity contribution in [2.24, 2.45) is 7.05 Å². The summed E-state index contributed by atoms with van der Waals surface area (Å²) in [7, 11) is 1.83. The summed E-state index contributed by atoms with van der Waals surface area (Å²) in [4.78, 5) is 20.0. The third-order valence-corrected chi connectivity index (χ3v) is 3.03. The molecule has 0 saturated carbocycles. The summed E-state index contributed by atoms with van der Waals surface area (Å²) >= 11 is 0. The third kappa shape index (κ3) is 1.76. The van der Waals surface area contributed by atoms with E-state index in [0.717, 1.165) is 11.2 Å². The molecule has 0 radical (unpaired) electrons. The first-order valence-electron chi connectivity index (χ1n) is 5.78. The zero-order valence-corrected chi connectivity index (χ0v) is 10.2. The van der Waals surface area contributed by atoms with Crippen LogP contribution in [-0.2, 0) is 7.05 Å². The molecule has 5 heteroatoms. The molecule has 0 unspecified atom stereocenters. The molecular formula is C14H11N3O2. The first kappa shape index (κ1) is 11.4. The highest BCUT2D eigenvalue weighted by Gasteiger charge is 2.16. The fourth-order valence-corrected chi connectivity index (χ4v) is 2.13. The lowest BCUT2D eigenvalue weighted by molar-refractivity contribution is 0.0697. The average Bonchev–Trinajstić information content (AvgIpc) is 2.76. The number of nitrogens with zero attached hydrogens (tertiary/aromatic N) is 3. The van der Waals surface area contributed by atoms with Gasteiger partial charge in [-0.2, -0.15) is 0 Å². The number of hydrogen-bond acceptors (Lipinski definition) is 3. The number of aromatic carboxylic acids is 1. The Morgan fingerprint density at radius 2 is 2.00 bits per heavy atom. The number of aryl methyl sites for hydroxylation is 1. The van der Waals surface area contributed by atoms with Crippen LogP contribution in [0, 0.1) is 0 Å². The van der Waals surface area contributed by atoms with Gasteiger partial charge in [-0.1, -0.05) is 18.2 Å². The Balaban J connectivity index is 2.31. The lowest BCUT2D eigenvalue weighted by Crippen LogP contribution is -2.02. The summed E-state index contributed by atoms with van der Waals surface area (Å²) in [5.74, 6) is -0.359. The standard InChI is InChI=1S/C14H11N3O2/c1-17-12(16-11-7-4-8-15-13(11)17)9-5-2-3-6-10(9)14(18)19/h2-8H,1H3,(H,18,19). The predicted molar refractivity (Wildman–Crippen MR) is 70.9 cm³/mol. The van der Waals surface area contributed by atoms with Crippen LogP contribution in [0.3, 0.4) is 0 Å². The second kappa shape index (κ2) is 4.20. The Kier molecular flexibility index (Phi) is 2.52. The summed E-state index contributed by atoms with van der Waals surface area (Å²) in [5.41, 5.74) is 2.31. The van der Waals surface area contributed by atoms with Crippen LogP contribution in [0.25, 0.3) is 22.6 Å². The normalized spacial score (nSPS) is 10.8. The average molecular weight is 253 g/mol. The molecular weight excluding hydrogens is 242 g/mol. The van der Waals surface area contributed by atoms with Crippen LogP contribution >= 0.6 is 0 Å². The van der Waals surface area contributed by atoms with E-state index in [-0.39, 0.29) is 5.56 Å². The third-order valence-electron chi connectivity index (χ3n) is 3.03. The molecule has 94 valence electrons. The molecule has 1 aromatic carbocycles. The maximum Gasteiger partial charge on any atom is 0.336 e. The largest absolute Gasteiger partial charge is 0.478 e. The van der Waals surface area contributed by atoms with Crippen LogP contribution in [0.15, 0.2) is 42.6 Å². The smallest absolute Gasteiger partial charge is 0.336 e. The molecule has 19 heavy (non-hydrogen) atoms. The molecule has 0 fully saturated rings. The van der Waals surface area contributed by atoms with Crippen molar-refractivity contribution >= 4 is 17.1 Å². The number of carboxylic acid groups (broad SMARTS) is 1. The minimum absolute atomic E-state index is 0.237. The molecule has 0 saturated heterocycles. The van der Waals surface area contributed by atoms with Gasteiger partial charge in [-0.05, 0) is 18.2 Å². The monoisotopic (exact) mass is 253 g/mol. The van der Waals surface area contributed by atoms with Crippen molar-refractivity contribution in [1.82, 2.24) is 14.5 Å². The van der Waals surface area contributed by atoms with Gasteiger partial charge in [0.1, 0.15) is 11.3 Å². The summed E-state index contributed by atoms with van der Waals surface area (Å²) < 4.78 is 1.80. The number of rotatable bonds is 2. The Morgan fingerprint density at radius 1 is 1.21 bits per heavy atom. The maximum atomic E-state index is 11.3. The van der Waals surface area contributed by atoms with Crippen molar-refractivity contribution in [3.63, 3.8) is 0 Å². The molecule has 1 N–H and O–H groups in total. The molecule has 0 spiro atoms. The highest BCUT2D eigenvalue weighted by atomic mass is 16.4. The van der Waals surface area contributed by atoms with Crippen molar-refractivity contribution in [3.05, 3.63) is 48.2 Å². The fourth-order valence-electron chi connectivity index (χ4n) is 2.13. The fraction of sp³-hybridized carbons (Fsp3) is 0.0714. The zero-order valence-electron chi connectivity index (χ0n) is 10.2. The number of hydrogen-bond donors (Lipinski definition) is 1. The van der Waals surface area contributed by atoms with Gasteiger partial charge in [0, 0.05) is 18.8 Å². The molecule has 5 nitrogen and oxygen atoms in total. The van der Waals surface area contributed by atoms with Crippen LogP contribution in [0.5, 0.6) is 0 Å². The topological polar surface area (TPSA) is 68.0 Å². The molecule has 0 bridgehead atoms. The first-order valence-corrected chi connectivity index (χ1v) is 5.78. The van der Waals surface area contributed by atoms with E-state index >= 15 is 0 Å². The predicted octanol–water partition coefficient (Wildman–Crippen LogP) is 2.33. The van der Waals surface area contributed by atoms with E-state index in [9.17, 15) is 9.90 Å². The number of imidazole rings is 1. The number of carbonyl (C=O) groups is 1. The van der Waals surface area contributed by atoms with Crippen molar-refractivity contribution in [2.75, 3.05) is 0 Å². The van der Waals surface area contributed by atoms with Crippen molar-refractivity contribution in [2.45, 2.75) is 0 Å². The minimum Gasteiger partial charge on any atom is -0.478 e. The van der Waals surface area contributed by atoms with E-state index in [4.69, 9.17) is 0 Å². The molecule has 3 rings (SSSR count). The van der Waals surface area contributed by atoms with Crippen LogP contribution in [-0.4, -0.2) is 25.6 Å². The van der Waals surface area contributed by atoms with Gasteiger partial charge in [-0.25, -0.2) is 14.8 Å². The van der Waals surface area contributed by atoms with Crippen molar-refractivity contribution in [3.8, 4) is 11.4 Å². The Labute approximate surface area is 109 Å². The van der Waals surface area contributed by atoms with Crippen molar-refractivity contribution in [1.29, 1.82) is 0 Å². The highest BCUT2D eigenvalue weighted by molar-refractivity contribution is 5.95. The van der Waals surface area contributed by atoms with E-state index in [0.29, 0.717) is 11.4 Å². The molecule has 0 aliphatic heterocycles. The Morgan fingerprint density at radius 3 is 2.74 bits per heavy atom. The minimum atomic E-state index is -0.962. The maximum absolute atomic E-state index is 11.3. The van der Waals surface area contributed by atoms with Crippen LogP contribution in [0.1, 0.15) is 10.4 Å². The van der Waals surface area contributed by atoms with Gasteiger partial charge in [0.2, 0.25) is 0 Å². The van der Waals surface area contributed by atoms with Gasteiger partial charge < -0.3 is 9.67 Å². The molecule has 2 heterocycles. The highest BCUT2D eigenvalue weighted by Crippen LogP contribution is 2.25. The van der Waals surface area contributed by atoms with Gasteiger partial charge in [-0.3, -0.25) is 0 Å². The number of fused-ring (bicyclic) bond motifs is 1. The molecule has 2 aromatic heterocycles. The summed E-state index contributed by atoms with van der Waals surface area (Å²) in [6.07, 6.45) is 1.69. The van der Waals surface area contributed by atoms with E-state index < -0.39 is 5.97 Å². The molecule has 0 aliphatic carbocycles. The quantitative estimate of drug-likeness (QED) is 0.761. The lowest BCUT2D eigenvalue weighted by atomic mass is 10.1. The first-order chi connectivity index (χ1) is 9.18. The summed E-state index contributed by atoms with van der Waals surface area (Å²) in [6, 6.07) is 10.5.